The van der Waals surface area contributed by atoms with Crippen LogP contribution in [0.25, 0.3) is 0 Å². The summed E-state index contributed by atoms with van der Waals surface area (Å²) in [5.74, 6) is -0.425. The molecule has 1 aliphatic carbocycles. The van der Waals surface area contributed by atoms with Crippen molar-refractivity contribution in [2.45, 2.75) is 345 Å². The molecule has 412 valence electrons. The van der Waals surface area contributed by atoms with Gasteiger partial charge in [0.1, 0.15) is 36.6 Å². The van der Waals surface area contributed by atoms with E-state index in [0.717, 1.165) is 38.5 Å². The Bertz CT molecular complexity index is 1180. The number of nitrogens with zero attached hydrogens (tertiary/aromatic N) is 1. The van der Waals surface area contributed by atoms with E-state index in [-0.39, 0.29) is 6.42 Å². The number of aliphatic hydroxyl groups excluding tert-OH is 6. The Balaban J connectivity index is 2.30. The first-order chi connectivity index (χ1) is 33.4. The van der Waals surface area contributed by atoms with Crippen molar-refractivity contribution in [3.63, 3.8) is 0 Å². The molecule has 13 heteroatoms. The molecule has 0 saturated heterocycles. The smallest absolute Gasteiger partial charge is 0.472 e. The van der Waals surface area contributed by atoms with E-state index in [1.165, 1.54) is 218 Å². The van der Waals surface area contributed by atoms with Crippen LogP contribution in [0.5, 0.6) is 0 Å². The highest BCUT2D eigenvalue weighted by molar-refractivity contribution is 7.47. The van der Waals surface area contributed by atoms with Gasteiger partial charge in [-0.25, -0.2) is 4.57 Å². The van der Waals surface area contributed by atoms with Crippen molar-refractivity contribution in [3.05, 3.63) is 0 Å². The molecule has 0 spiro atoms. The van der Waals surface area contributed by atoms with Crippen LogP contribution in [0.1, 0.15) is 296 Å². The van der Waals surface area contributed by atoms with Crippen molar-refractivity contribution in [1.29, 1.82) is 0 Å². The SMILES string of the molecule is CCCCCCCCCCCCCCCCCCCCCCCCCCCCCC([O-])=N[C@@H](COP(=O)(O)OC1[C@H](O)[C@H](O)C(O)[C@H](O)[C@H]1O)[C@H](O)CCCCCCCCCCCCCCCCC. The molecule has 12 nitrogen and oxygen atoms in total. The number of hydrogen-bond acceptors (Lipinski definition) is 11. The first-order valence-electron chi connectivity index (χ1n) is 29.4. The van der Waals surface area contributed by atoms with Crippen LogP contribution in [0.3, 0.4) is 0 Å². The van der Waals surface area contributed by atoms with Crippen molar-refractivity contribution in [2.24, 2.45) is 4.99 Å². The highest BCUT2D eigenvalue weighted by Gasteiger charge is 2.51. The average Bonchev–Trinajstić information content (AvgIpc) is 3.33. The molecule has 0 heterocycles. The molecule has 1 aliphatic rings. The Morgan fingerprint density at radius 3 is 1.01 bits per heavy atom. The Kier molecular flexibility index (Phi) is 44.2. The van der Waals surface area contributed by atoms with Gasteiger partial charge in [0.15, 0.2) is 0 Å². The first-order valence-corrected chi connectivity index (χ1v) is 30.9. The molecule has 0 radical (unpaired) electrons. The van der Waals surface area contributed by atoms with Gasteiger partial charge in [0, 0.05) is 0 Å². The Labute approximate surface area is 423 Å². The minimum Gasteiger partial charge on any atom is -0.862 e. The fraction of sp³-hybridized carbons (Fsp3) is 0.982. The maximum Gasteiger partial charge on any atom is 0.472 e. The molecule has 0 aliphatic heterocycles. The summed E-state index contributed by atoms with van der Waals surface area (Å²) >= 11 is 0. The molecule has 1 rings (SSSR count). The van der Waals surface area contributed by atoms with Gasteiger partial charge in [-0.05, 0) is 25.2 Å². The van der Waals surface area contributed by atoms with E-state index in [4.69, 9.17) is 9.05 Å². The first kappa shape index (κ1) is 66.4. The summed E-state index contributed by atoms with van der Waals surface area (Å²) in [5.41, 5.74) is 0. The molecule has 9 atom stereocenters. The predicted octanol–water partition coefficient (Wildman–Crippen LogP) is 13.0. The van der Waals surface area contributed by atoms with Crippen LogP contribution in [0.2, 0.25) is 0 Å². The Morgan fingerprint density at radius 2 is 0.710 bits per heavy atom. The number of phosphoric acid groups is 1. The van der Waals surface area contributed by atoms with Crippen LogP contribution in [0, 0.1) is 0 Å². The number of unbranched alkanes of at least 4 members (excludes halogenated alkanes) is 40. The van der Waals surface area contributed by atoms with Gasteiger partial charge in [0.2, 0.25) is 0 Å². The minimum absolute atomic E-state index is 0.188. The Hall–Kier alpha value is -0.660. The molecule has 69 heavy (non-hydrogen) atoms. The summed E-state index contributed by atoms with van der Waals surface area (Å²) < 4.78 is 23.0. The molecule has 1 saturated carbocycles. The van der Waals surface area contributed by atoms with Crippen LogP contribution in [0.15, 0.2) is 4.99 Å². The van der Waals surface area contributed by atoms with E-state index in [9.17, 15) is 45.2 Å². The van der Waals surface area contributed by atoms with Crippen molar-refractivity contribution in [1.82, 2.24) is 0 Å². The van der Waals surface area contributed by atoms with Crippen LogP contribution in [0.4, 0.5) is 0 Å². The summed E-state index contributed by atoms with van der Waals surface area (Å²) in [5, 5.41) is 74.6. The lowest BCUT2D eigenvalue weighted by Crippen LogP contribution is -2.64. The van der Waals surface area contributed by atoms with Crippen LogP contribution >= 0.6 is 7.82 Å². The second-order valence-corrected chi connectivity index (χ2v) is 22.5. The van der Waals surface area contributed by atoms with Gasteiger partial charge >= 0.3 is 7.82 Å². The fourth-order valence-corrected chi connectivity index (χ4v) is 10.8. The topological polar surface area (TPSA) is 213 Å². The fourth-order valence-electron chi connectivity index (χ4n) is 9.85. The molecule has 0 aromatic rings. The molecule has 0 amide bonds. The number of hydrogen-bond donors (Lipinski definition) is 7. The highest BCUT2D eigenvalue weighted by Crippen LogP contribution is 2.47. The third kappa shape index (κ3) is 36.8. The predicted molar refractivity (Wildman–Crippen MR) is 282 cm³/mol. The molecular weight excluding hydrogens is 894 g/mol. The molecule has 3 unspecified atom stereocenters. The lowest BCUT2D eigenvalue weighted by atomic mass is 9.85. The molecular formula is C56H111NO11P-. The number of aliphatic hydroxyl groups is 6. The molecule has 0 bridgehead atoms. The lowest BCUT2D eigenvalue weighted by Gasteiger charge is -2.41. The van der Waals surface area contributed by atoms with E-state index in [2.05, 4.69) is 18.8 Å². The summed E-state index contributed by atoms with van der Waals surface area (Å²) in [7, 11) is -5.08. The number of phosphoric ester groups is 1. The van der Waals surface area contributed by atoms with Gasteiger partial charge in [-0.15, -0.1) is 0 Å². The maximum absolute atomic E-state index is 13.0. The van der Waals surface area contributed by atoms with Crippen molar-refractivity contribution in [2.75, 3.05) is 6.61 Å². The van der Waals surface area contributed by atoms with Crippen molar-refractivity contribution in [3.8, 4) is 0 Å². The van der Waals surface area contributed by atoms with E-state index in [0.29, 0.717) is 19.3 Å². The average molecular weight is 1010 g/mol. The van der Waals surface area contributed by atoms with Crippen molar-refractivity contribution >= 4 is 13.7 Å². The summed E-state index contributed by atoms with van der Waals surface area (Å²) in [4.78, 5) is 14.7. The van der Waals surface area contributed by atoms with E-state index < -0.39 is 69.1 Å². The number of rotatable bonds is 51. The molecule has 0 aromatic heterocycles. The summed E-state index contributed by atoms with van der Waals surface area (Å²) in [6.45, 7) is 3.88. The van der Waals surface area contributed by atoms with Gasteiger partial charge in [-0.2, -0.15) is 0 Å². The zero-order valence-corrected chi connectivity index (χ0v) is 45.5. The zero-order chi connectivity index (χ0) is 50.6. The largest absolute Gasteiger partial charge is 0.862 e. The summed E-state index contributed by atoms with van der Waals surface area (Å²) in [6, 6.07) is -1.15. The second-order valence-electron chi connectivity index (χ2n) is 21.1. The standard InChI is InChI=1S/C56H112NO11P/c1-3-5-7-9-11-13-15-17-19-20-21-22-23-24-25-26-27-28-29-30-32-34-36-38-40-42-44-46-50(59)57-48(47-67-69(65,66)68-56-54(63)52(61)51(60)53(62)55(56)64)49(58)45-43-41-39-37-35-33-31-18-16-14-12-10-8-6-4-2/h48-49,51-56,58,60-64H,3-47H2,1-2H3,(H,57,59)(H,65,66)/p-1/t48-,49+,51?,52-,53+,54+,55+,56?/m0/s1. The third-order valence-electron chi connectivity index (χ3n) is 14.6. The summed E-state index contributed by atoms with van der Waals surface area (Å²) in [6.07, 6.45) is 41.1. The normalized spacial score (nSPS) is 21.7. The quantitative estimate of drug-likeness (QED) is 0.0132. The highest BCUT2D eigenvalue weighted by atomic mass is 31.2. The monoisotopic (exact) mass is 1000 g/mol. The Morgan fingerprint density at radius 1 is 0.449 bits per heavy atom. The van der Waals surface area contributed by atoms with Crippen molar-refractivity contribution < 1.29 is 54.3 Å². The van der Waals surface area contributed by atoms with Crippen LogP contribution in [-0.4, -0.2) is 96.8 Å². The van der Waals surface area contributed by atoms with E-state index in [1.54, 1.807) is 0 Å². The van der Waals surface area contributed by atoms with Gasteiger partial charge in [0.25, 0.3) is 0 Å². The lowest BCUT2D eigenvalue weighted by molar-refractivity contribution is -0.220. The van der Waals surface area contributed by atoms with Gasteiger partial charge in [-0.1, -0.05) is 277 Å². The van der Waals surface area contributed by atoms with Gasteiger partial charge < -0.3 is 40.6 Å². The van der Waals surface area contributed by atoms with Gasteiger partial charge in [-0.3, -0.25) is 14.0 Å². The molecule has 1 fully saturated rings. The number of aliphatic imine (C=N–C) groups is 1. The van der Waals surface area contributed by atoms with Crippen LogP contribution < -0.4 is 5.11 Å². The molecule has 0 aromatic carbocycles. The minimum atomic E-state index is -5.08. The van der Waals surface area contributed by atoms with Gasteiger partial charge in [0.05, 0.1) is 18.8 Å². The second kappa shape index (κ2) is 45.9. The molecule has 7 N–H and O–H groups in total. The maximum atomic E-state index is 13.0. The third-order valence-corrected chi connectivity index (χ3v) is 15.6. The zero-order valence-electron chi connectivity index (χ0n) is 44.6. The van der Waals surface area contributed by atoms with Crippen LogP contribution in [-0.2, 0) is 13.6 Å². The van der Waals surface area contributed by atoms with E-state index >= 15 is 0 Å². The van der Waals surface area contributed by atoms with E-state index in [1.807, 2.05) is 0 Å².